The van der Waals surface area contributed by atoms with E-state index in [1.54, 1.807) is 11.3 Å². The number of aromatic nitrogens is 2. The number of anilines is 2. The minimum absolute atomic E-state index is 0.0170. The van der Waals surface area contributed by atoms with E-state index >= 15 is 0 Å². The number of nitrogens with zero attached hydrogens (tertiary/aromatic N) is 5. The Morgan fingerprint density at radius 2 is 2.20 bits per heavy atom. The zero-order valence-corrected chi connectivity index (χ0v) is 17.9. The predicted molar refractivity (Wildman–Crippen MR) is 114 cm³/mol. The Morgan fingerprint density at radius 1 is 1.37 bits per heavy atom. The highest BCUT2D eigenvalue weighted by atomic mass is 32.2. The van der Waals surface area contributed by atoms with Crippen LogP contribution in [0.15, 0.2) is 11.2 Å². The number of aliphatic hydroxyl groups excluding tert-OH is 1. The van der Waals surface area contributed by atoms with Gasteiger partial charge in [-0.2, -0.15) is 23.3 Å². The van der Waals surface area contributed by atoms with E-state index in [0.717, 1.165) is 23.1 Å². The third kappa shape index (κ3) is 4.23. The highest BCUT2D eigenvalue weighted by molar-refractivity contribution is 7.99. The maximum atomic E-state index is 13.2. The zero-order chi connectivity index (χ0) is 21.3. The van der Waals surface area contributed by atoms with E-state index in [4.69, 9.17) is 5.11 Å². The molecule has 2 aromatic heterocycles. The summed E-state index contributed by atoms with van der Waals surface area (Å²) in [6.45, 7) is 2.92. The number of hydrazone groups is 1. The average molecular weight is 462 g/mol. The van der Waals surface area contributed by atoms with Crippen LogP contribution in [0.25, 0.3) is 10.2 Å². The minimum Gasteiger partial charge on any atom is -0.386 e. The molecule has 0 amide bonds. The molecule has 8 nitrogen and oxygen atoms in total. The summed E-state index contributed by atoms with van der Waals surface area (Å²) in [6, 6.07) is 2.07. The molecule has 0 bridgehead atoms. The van der Waals surface area contributed by atoms with Crippen molar-refractivity contribution < 1.29 is 18.3 Å². The molecule has 1 fully saturated rings. The van der Waals surface area contributed by atoms with Gasteiger partial charge in [0.1, 0.15) is 16.5 Å². The Morgan fingerprint density at radius 3 is 2.93 bits per heavy atom. The summed E-state index contributed by atoms with van der Waals surface area (Å²) in [5.74, 6) is 1.91. The van der Waals surface area contributed by atoms with Crippen LogP contribution >= 0.6 is 23.1 Å². The van der Waals surface area contributed by atoms with E-state index in [9.17, 15) is 13.2 Å². The normalized spacial score (nSPS) is 19.1. The fraction of sp³-hybridized carbons (Fsp3) is 0.588. The first kappa shape index (κ1) is 21.2. The summed E-state index contributed by atoms with van der Waals surface area (Å²) in [4.78, 5) is 14.5. The van der Waals surface area contributed by atoms with Crippen LogP contribution < -0.4 is 15.6 Å². The number of hydrogen-bond donors (Lipinski definition) is 3. The number of amidine groups is 1. The van der Waals surface area contributed by atoms with Crippen molar-refractivity contribution in [3.8, 4) is 0 Å². The Kier molecular flexibility index (Phi) is 6.11. The fourth-order valence-corrected chi connectivity index (χ4v) is 4.97. The molecule has 2 aromatic rings. The van der Waals surface area contributed by atoms with Gasteiger partial charge in [-0.25, -0.2) is 4.98 Å². The first-order valence-electron chi connectivity index (χ1n) is 9.54. The monoisotopic (exact) mass is 461 g/mol. The molecule has 0 spiro atoms. The van der Waals surface area contributed by atoms with Crippen LogP contribution in [-0.2, 0) is 6.42 Å². The SMILES string of the molecule is CCCc1cc2c(N3CCN4C(=NNC4C(F)(F)F)C3)nc(NCSCO)nc2s1. The van der Waals surface area contributed by atoms with E-state index in [1.807, 2.05) is 4.90 Å². The summed E-state index contributed by atoms with van der Waals surface area (Å²) in [6.07, 6.45) is -4.22. The predicted octanol–water partition coefficient (Wildman–Crippen LogP) is 2.62. The minimum atomic E-state index is -4.39. The van der Waals surface area contributed by atoms with Gasteiger partial charge >= 0.3 is 6.18 Å². The maximum absolute atomic E-state index is 13.2. The molecule has 3 N–H and O–H groups in total. The van der Waals surface area contributed by atoms with Gasteiger partial charge in [-0.3, -0.25) is 5.43 Å². The number of thioether (sulfide) groups is 1. The first-order chi connectivity index (χ1) is 14.4. The van der Waals surface area contributed by atoms with Gasteiger partial charge in [0.25, 0.3) is 0 Å². The topological polar surface area (TPSA) is 88.9 Å². The van der Waals surface area contributed by atoms with Crippen molar-refractivity contribution in [3.05, 3.63) is 10.9 Å². The number of alkyl halides is 3. The second-order valence-corrected chi connectivity index (χ2v) is 8.99. The molecule has 164 valence electrons. The largest absolute Gasteiger partial charge is 0.428 e. The van der Waals surface area contributed by atoms with Crippen LogP contribution in [0.3, 0.4) is 0 Å². The standard InChI is InChI=1S/C17H22F3N7OS2/c1-2-3-10-6-11-13(22-16(21-8-29-9-28)23-14(11)30-10)26-4-5-27-12(7-26)24-25-15(27)17(18,19)20/h6,15,25,28H,2-5,7-9H2,1H3,(H,21,22,23). The van der Waals surface area contributed by atoms with Crippen molar-refractivity contribution >= 4 is 50.9 Å². The Hall–Kier alpha value is -1.99. The summed E-state index contributed by atoms with van der Waals surface area (Å²) in [5.41, 5.74) is 2.21. The number of nitrogens with one attached hydrogen (secondary N) is 2. The van der Waals surface area contributed by atoms with Crippen LogP contribution in [0.2, 0.25) is 0 Å². The number of piperazine rings is 1. The lowest BCUT2D eigenvalue weighted by molar-refractivity contribution is -0.178. The third-order valence-electron chi connectivity index (χ3n) is 4.86. The van der Waals surface area contributed by atoms with E-state index in [0.29, 0.717) is 30.0 Å². The van der Waals surface area contributed by atoms with E-state index < -0.39 is 12.3 Å². The Labute approximate surface area is 179 Å². The summed E-state index contributed by atoms with van der Waals surface area (Å²) >= 11 is 2.89. The van der Waals surface area contributed by atoms with Crippen LogP contribution in [0.5, 0.6) is 0 Å². The molecule has 1 unspecified atom stereocenters. The van der Waals surface area contributed by atoms with Crippen molar-refractivity contribution in [2.45, 2.75) is 32.1 Å². The van der Waals surface area contributed by atoms with Crippen molar-refractivity contribution in [2.75, 3.05) is 41.7 Å². The van der Waals surface area contributed by atoms with Crippen LogP contribution in [0.1, 0.15) is 18.2 Å². The quantitative estimate of drug-likeness (QED) is 0.429. The molecule has 4 heterocycles. The highest BCUT2D eigenvalue weighted by Crippen LogP contribution is 2.35. The molecular weight excluding hydrogens is 439 g/mol. The van der Waals surface area contributed by atoms with Gasteiger partial charge in [-0.15, -0.1) is 23.1 Å². The number of aliphatic hydroxyl groups is 1. The molecule has 1 atom stereocenters. The van der Waals surface area contributed by atoms with Gasteiger partial charge in [0, 0.05) is 18.0 Å². The number of aryl methyl sites for hydroxylation is 1. The van der Waals surface area contributed by atoms with Crippen LogP contribution in [-0.4, -0.2) is 69.6 Å². The lowest BCUT2D eigenvalue weighted by Gasteiger charge is -2.37. The molecule has 0 aliphatic carbocycles. The van der Waals surface area contributed by atoms with Gasteiger partial charge in [0.05, 0.1) is 23.7 Å². The van der Waals surface area contributed by atoms with Crippen LogP contribution in [0.4, 0.5) is 24.9 Å². The van der Waals surface area contributed by atoms with Gasteiger partial charge < -0.3 is 20.2 Å². The fourth-order valence-electron chi connectivity index (χ4n) is 3.52. The van der Waals surface area contributed by atoms with Gasteiger partial charge in [0.2, 0.25) is 12.1 Å². The van der Waals surface area contributed by atoms with Crippen LogP contribution in [0, 0.1) is 0 Å². The molecule has 30 heavy (non-hydrogen) atoms. The van der Waals surface area contributed by atoms with Crippen molar-refractivity contribution in [1.29, 1.82) is 0 Å². The number of hydrogen-bond acceptors (Lipinski definition) is 10. The third-order valence-corrected chi connectivity index (χ3v) is 6.48. The summed E-state index contributed by atoms with van der Waals surface area (Å²) in [7, 11) is 0. The average Bonchev–Trinajstić information content (AvgIpc) is 3.30. The number of halogens is 3. The smallest absolute Gasteiger partial charge is 0.386 e. The molecule has 0 saturated carbocycles. The lowest BCUT2D eigenvalue weighted by atomic mass is 10.2. The van der Waals surface area contributed by atoms with E-state index in [1.165, 1.54) is 21.5 Å². The number of fused-ring (bicyclic) bond motifs is 2. The number of thiophene rings is 1. The molecule has 2 aliphatic rings. The zero-order valence-electron chi connectivity index (χ0n) is 16.2. The molecule has 0 aromatic carbocycles. The molecule has 0 radical (unpaired) electrons. The van der Waals surface area contributed by atoms with Crippen molar-refractivity contribution in [2.24, 2.45) is 5.10 Å². The van der Waals surface area contributed by atoms with Crippen molar-refractivity contribution in [1.82, 2.24) is 20.3 Å². The first-order valence-corrected chi connectivity index (χ1v) is 11.5. The molecule has 4 rings (SSSR count). The van der Waals surface area contributed by atoms with Gasteiger partial charge in [0.15, 0.2) is 0 Å². The number of rotatable bonds is 7. The second kappa shape index (κ2) is 8.63. The van der Waals surface area contributed by atoms with Gasteiger partial charge in [-0.1, -0.05) is 13.3 Å². The molecule has 2 aliphatic heterocycles. The summed E-state index contributed by atoms with van der Waals surface area (Å²) < 4.78 is 39.6. The highest BCUT2D eigenvalue weighted by Gasteiger charge is 2.49. The van der Waals surface area contributed by atoms with Crippen molar-refractivity contribution in [3.63, 3.8) is 0 Å². The molecule has 13 heteroatoms. The van der Waals surface area contributed by atoms with E-state index in [2.05, 4.69) is 38.8 Å². The van der Waals surface area contributed by atoms with Gasteiger partial charge in [-0.05, 0) is 12.5 Å². The Bertz CT molecular complexity index is 936. The molecular formula is C17H22F3N7OS2. The summed E-state index contributed by atoms with van der Waals surface area (Å²) in [5, 5.41) is 16.9. The Balaban J connectivity index is 1.62. The lowest BCUT2D eigenvalue weighted by Crippen LogP contribution is -2.57. The van der Waals surface area contributed by atoms with E-state index in [-0.39, 0.29) is 19.0 Å². The second-order valence-electron chi connectivity index (χ2n) is 6.92. The maximum Gasteiger partial charge on any atom is 0.428 e. The molecule has 1 saturated heterocycles.